The first-order valence-corrected chi connectivity index (χ1v) is 8.10. The van der Waals surface area contributed by atoms with E-state index in [0.717, 1.165) is 23.8 Å². The summed E-state index contributed by atoms with van der Waals surface area (Å²) in [5.74, 6) is 0.489. The van der Waals surface area contributed by atoms with E-state index in [1.54, 1.807) is 6.07 Å². The lowest BCUT2D eigenvalue weighted by atomic mass is 9.88. The Hall–Kier alpha value is -1.41. The van der Waals surface area contributed by atoms with Crippen molar-refractivity contribution < 1.29 is 4.39 Å². The molecule has 0 bridgehead atoms. The highest BCUT2D eigenvalue weighted by atomic mass is 19.1. The van der Waals surface area contributed by atoms with Gasteiger partial charge in [0.2, 0.25) is 0 Å². The fourth-order valence-corrected chi connectivity index (χ4v) is 3.08. The summed E-state index contributed by atoms with van der Waals surface area (Å²) >= 11 is 0. The van der Waals surface area contributed by atoms with E-state index in [0.29, 0.717) is 11.3 Å². The molecule has 21 heavy (non-hydrogen) atoms. The van der Waals surface area contributed by atoms with Crippen LogP contribution in [0.2, 0.25) is 0 Å². The number of hydrogen-bond donors (Lipinski definition) is 1. The summed E-state index contributed by atoms with van der Waals surface area (Å²) in [5.41, 5.74) is 7.51. The maximum atomic E-state index is 13.9. The smallest absolute Gasteiger partial charge is 0.131 e. The summed E-state index contributed by atoms with van der Waals surface area (Å²) in [6, 6.07) is 11.0. The van der Waals surface area contributed by atoms with E-state index in [1.807, 2.05) is 30.3 Å². The van der Waals surface area contributed by atoms with Gasteiger partial charge in [0.25, 0.3) is 0 Å². The highest BCUT2D eigenvalue weighted by Crippen LogP contribution is 2.30. The Balaban J connectivity index is 2.23. The third-order valence-electron chi connectivity index (χ3n) is 4.43. The molecule has 114 valence electrons. The Morgan fingerprint density at radius 2 is 1.76 bits per heavy atom. The van der Waals surface area contributed by atoms with Crippen LogP contribution in [0.1, 0.15) is 57.6 Å². The molecule has 2 N–H and O–H groups in total. The van der Waals surface area contributed by atoms with E-state index in [2.05, 4.69) is 13.8 Å². The highest BCUT2D eigenvalue weighted by Gasteiger charge is 2.16. The van der Waals surface area contributed by atoms with Gasteiger partial charge >= 0.3 is 0 Å². The van der Waals surface area contributed by atoms with Crippen molar-refractivity contribution in [2.75, 3.05) is 0 Å². The van der Waals surface area contributed by atoms with E-state index in [-0.39, 0.29) is 11.9 Å². The van der Waals surface area contributed by atoms with Crippen LogP contribution in [-0.2, 0) is 0 Å². The molecule has 0 spiro atoms. The minimum absolute atomic E-state index is 0.0164. The van der Waals surface area contributed by atoms with Gasteiger partial charge in [0, 0.05) is 11.4 Å². The normalized spacial score (nSPS) is 14.3. The number of nitrogens with two attached hydrogens (primary N) is 1. The van der Waals surface area contributed by atoms with Gasteiger partial charge in [0.15, 0.2) is 0 Å². The van der Waals surface area contributed by atoms with Gasteiger partial charge in [-0.25, -0.2) is 4.39 Å². The van der Waals surface area contributed by atoms with E-state index in [9.17, 15) is 4.39 Å². The van der Waals surface area contributed by atoms with Gasteiger partial charge in [-0.05, 0) is 29.4 Å². The fraction of sp³-hybridized carbons (Fsp3) is 0.474. The monoisotopic (exact) mass is 287 g/mol. The molecule has 1 nitrogen and oxygen atoms in total. The summed E-state index contributed by atoms with van der Waals surface area (Å²) in [6.07, 6.45) is 5.86. The zero-order valence-electron chi connectivity index (χ0n) is 13.1. The second kappa shape index (κ2) is 7.56. The van der Waals surface area contributed by atoms with Crippen molar-refractivity contribution in [3.05, 3.63) is 47.8 Å². The molecule has 0 saturated heterocycles. The number of unbranched alkanes of at least 4 members (excludes halogenated alkanes) is 1. The molecular weight excluding hydrogens is 261 g/mol. The van der Waals surface area contributed by atoms with Crippen LogP contribution >= 0.6 is 0 Å². The van der Waals surface area contributed by atoms with Crippen molar-refractivity contribution in [2.45, 2.75) is 52.0 Å². The molecule has 2 heteroatoms. The first-order chi connectivity index (χ1) is 10.2. The van der Waals surface area contributed by atoms with Crippen LogP contribution in [0.5, 0.6) is 0 Å². The Morgan fingerprint density at radius 1 is 1.05 bits per heavy atom. The van der Waals surface area contributed by atoms with Crippen molar-refractivity contribution in [3.63, 3.8) is 0 Å². The van der Waals surface area contributed by atoms with E-state index >= 15 is 0 Å². The molecule has 0 heterocycles. The van der Waals surface area contributed by atoms with Crippen LogP contribution in [0.25, 0.3) is 10.8 Å². The first kappa shape index (κ1) is 16.0. The fourth-order valence-electron chi connectivity index (χ4n) is 3.08. The van der Waals surface area contributed by atoms with Crippen molar-refractivity contribution in [2.24, 2.45) is 11.7 Å². The van der Waals surface area contributed by atoms with Crippen molar-refractivity contribution >= 4 is 10.8 Å². The van der Waals surface area contributed by atoms with Gasteiger partial charge in [0.1, 0.15) is 5.82 Å². The second-order valence-electron chi connectivity index (χ2n) is 5.94. The molecule has 0 fully saturated rings. The topological polar surface area (TPSA) is 26.0 Å². The predicted molar refractivity (Wildman–Crippen MR) is 88.8 cm³/mol. The lowest BCUT2D eigenvalue weighted by Gasteiger charge is -2.21. The first-order valence-electron chi connectivity index (χ1n) is 8.10. The molecule has 2 aromatic carbocycles. The Labute approximate surface area is 127 Å². The average Bonchev–Trinajstić information content (AvgIpc) is 2.51. The molecule has 2 aromatic rings. The summed E-state index contributed by atoms with van der Waals surface area (Å²) in [5, 5.41) is 1.63. The van der Waals surface area contributed by atoms with Crippen molar-refractivity contribution in [1.29, 1.82) is 0 Å². The summed E-state index contributed by atoms with van der Waals surface area (Å²) in [4.78, 5) is 0. The lowest BCUT2D eigenvalue weighted by molar-refractivity contribution is 0.389. The molecule has 0 aromatic heterocycles. The van der Waals surface area contributed by atoms with E-state index < -0.39 is 0 Å². The van der Waals surface area contributed by atoms with Crippen LogP contribution in [0, 0.1) is 11.7 Å². The zero-order valence-corrected chi connectivity index (χ0v) is 13.1. The molecule has 0 aliphatic heterocycles. The quantitative estimate of drug-likeness (QED) is 0.706. The maximum absolute atomic E-state index is 13.9. The van der Waals surface area contributed by atoms with Gasteiger partial charge in [-0.3, -0.25) is 0 Å². The molecule has 0 aliphatic rings. The van der Waals surface area contributed by atoms with Crippen LogP contribution in [0.15, 0.2) is 36.4 Å². The number of rotatable bonds is 7. The minimum atomic E-state index is -0.167. The number of hydrogen-bond acceptors (Lipinski definition) is 1. The minimum Gasteiger partial charge on any atom is -0.324 e. The Morgan fingerprint density at radius 3 is 2.43 bits per heavy atom. The van der Waals surface area contributed by atoms with Crippen LogP contribution in [0.3, 0.4) is 0 Å². The lowest BCUT2D eigenvalue weighted by Crippen LogP contribution is -2.16. The summed E-state index contributed by atoms with van der Waals surface area (Å²) in [7, 11) is 0. The van der Waals surface area contributed by atoms with Crippen LogP contribution < -0.4 is 5.73 Å². The summed E-state index contributed by atoms with van der Waals surface area (Å²) < 4.78 is 13.9. The van der Waals surface area contributed by atoms with E-state index in [4.69, 9.17) is 5.73 Å². The Bertz CT molecular complexity index is 579. The standard InChI is InChI=1S/C19H26FN/c1-3-5-8-14(4-2)13-19(21)17-11-12-18(20)16-10-7-6-9-15(16)17/h6-7,9-12,14,19H,3-5,8,13,21H2,1-2H3. The molecule has 2 atom stereocenters. The predicted octanol–water partition coefficient (Wildman–Crippen LogP) is 5.59. The van der Waals surface area contributed by atoms with E-state index in [1.165, 1.54) is 19.3 Å². The number of benzene rings is 2. The van der Waals surface area contributed by atoms with Gasteiger partial charge in [0.05, 0.1) is 0 Å². The van der Waals surface area contributed by atoms with Crippen LogP contribution in [-0.4, -0.2) is 0 Å². The van der Waals surface area contributed by atoms with Gasteiger partial charge in [-0.2, -0.15) is 0 Å². The molecule has 0 amide bonds. The number of fused-ring (bicyclic) bond motifs is 1. The molecule has 0 saturated carbocycles. The summed E-state index contributed by atoms with van der Waals surface area (Å²) in [6.45, 7) is 4.45. The third kappa shape index (κ3) is 3.82. The molecule has 0 aliphatic carbocycles. The maximum Gasteiger partial charge on any atom is 0.131 e. The van der Waals surface area contributed by atoms with Gasteiger partial charge < -0.3 is 5.73 Å². The molecule has 2 rings (SSSR count). The van der Waals surface area contributed by atoms with Crippen molar-refractivity contribution in [1.82, 2.24) is 0 Å². The SMILES string of the molecule is CCCCC(CC)CC(N)c1ccc(F)c2ccccc12. The molecule has 0 radical (unpaired) electrons. The average molecular weight is 287 g/mol. The second-order valence-corrected chi connectivity index (χ2v) is 5.94. The third-order valence-corrected chi connectivity index (χ3v) is 4.43. The largest absolute Gasteiger partial charge is 0.324 e. The van der Waals surface area contributed by atoms with Gasteiger partial charge in [-0.1, -0.05) is 69.9 Å². The molecule has 2 unspecified atom stereocenters. The zero-order chi connectivity index (χ0) is 15.2. The number of halogens is 1. The van der Waals surface area contributed by atoms with Gasteiger partial charge in [-0.15, -0.1) is 0 Å². The Kier molecular flexibility index (Phi) is 5.75. The molecular formula is C19H26FN. The highest BCUT2D eigenvalue weighted by molar-refractivity contribution is 5.86. The van der Waals surface area contributed by atoms with Crippen LogP contribution in [0.4, 0.5) is 4.39 Å². The van der Waals surface area contributed by atoms with Crippen molar-refractivity contribution in [3.8, 4) is 0 Å².